The van der Waals surface area contributed by atoms with Crippen molar-refractivity contribution in [3.05, 3.63) is 23.8 Å². The Labute approximate surface area is 95.3 Å². The first-order valence-electron chi connectivity index (χ1n) is 5.64. The van der Waals surface area contributed by atoms with Crippen LogP contribution in [0.4, 0.5) is 0 Å². The predicted molar refractivity (Wildman–Crippen MR) is 62.3 cm³/mol. The summed E-state index contributed by atoms with van der Waals surface area (Å²) in [6.07, 6.45) is 2.22. The molecule has 1 fully saturated rings. The lowest BCUT2D eigenvalue weighted by Crippen LogP contribution is -2.42. The van der Waals surface area contributed by atoms with Crippen molar-refractivity contribution in [2.45, 2.75) is 25.4 Å². The van der Waals surface area contributed by atoms with E-state index >= 15 is 0 Å². The molecule has 0 saturated carbocycles. The van der Waals surface area contributed by atoms with Crippen molar-refractivity contribution in [2.24, 2.45) is 5.73 Å². The third kappa shape index (κ3) is 2.65. The SMILES string of the molecule is NC1CCCN(Cc2ccc(O)c(O)c2)C1. The normalized spacial score (nSPS) is 22.2. The molecule has 4 heteroatoms. The number of nitrogens with two attached hydrogens (primary N) is 1. The van der Waals surface area contributed by atoms with Crippen LogP contribution < -0.4 is 5.73 Å². The molecule has 4 nitrogen and oxygen atoms in total. The zero-order valence-electron chi connectivity index (χ0n) is 9.26. The lowest BCUT2D eigenvalue weighted by atomic mass is 10.1. The summed E-state index contributed by atoms with van der Waals surface area (Å²) in [5.74, 6) is -0.127. The maximum Gasteiger partial charge on any atom is 0.157 e. The Balaban J connectivity index is 2.00. The largest absolute Gasteiger partial charge is 0.504 e. The molecule has 1 heterocycles. The van der Waals surface area contributed by atoms with Gasteiger partial charge in [0.25, 0.3) is 0 Å². The van der Waals surface area contributed by atoms with E-state index in [4.69, 9.17) is 5.73 Å². The van der Waals surface area contributed by atoms with Gasteiger partial charge in [0.05, 0.1) is 0 Å². The zero-order valence-corrected chi connectivity index (χ0v) is 9.26. The van der Waals surface area contributed by atoms with Crippen molar-refractivity contribution in [2.75, 3.05) is 13.1 Å². The Morgan fingerprint density at radius 1 is 1.31 bits per heavy atom. The summed E-state index contributed by atoms with van der Waals surface area (Å²) < 4.78 is 0. The number of nitrogens with zero attached hydrogens (tertiary/aromatic N) is 1. The highest BCUT2D eigenvalue weighted by atomic mass is 16.3. The number of aromatic hydroxyl groups is 2. The Bertz CT molecular complexity index is 368. The number of hydrogen-bond acceptors (Lipinski definition) is 4. The molecular formula is C12H18N2O2. The molecule has 88 valence electrons. The monoisotopic (exact) mass is 222 g/mol. The van der Waals surface area contributed by atoms with Gasteiger partial charge in [0, 0.05) is 19.1 Å². The van der Waals surface area contributed by atoms with Gasteiger partial charge in [-0.3, -0.25) is 4.90 Å². The highest BCUT2D eigenvalue weighted by Gasteiger charge is 2.16. The predicted octanol–water partition coefficient (Wildman–Crippen LogP) is 1.02. The van der Waals surface area contributed by atoms with Gasteiger partial charge in [-0.2, -0.15) is 0 Å². The van der Waals surface area contributed by atoms with Gasteiger partial charge in [-0.1, -0.05) is 6.07 Å². The van der Waals surface area contributed by atoms with Crippen LogP contribution in [0.2, 0.25) is 0 Å². The molecule has 4 N–H and O–H groups in total. The molecule has 0 spiro atoms. The first kappa shape index (κ1) is 11.2. The van der Waals surface area contributed by atoms with Gasteiger partial charge >= 0.3 is 0 Å². The number of benzene rings is 1. The molecule has 16 heavy (non-hydrogen) atoms. The minimum Gasteiger partial charge on any atom is -0.504 e. The van der Waals surface area contributed by atoms with Crippen molar-refractivity contribution >= 4 is 0 Å². The fraction of sp³-hybridized carbons (Fsp3) is 0.500. The third-order valence-corrected chi connectivity index (χ3v) is 2.99. The van der Waals surface area contributed by atoms with Crippen LogP contribution in [0.25, 0.3) is 0 Å². The standard InChI is InChI=1S/C12H18N2O2/c13-10-2-1-5-14(8-10)7-9-3-4-11(15)12(16)6-9/h3-4,6,10,15-16H,1-2,5,7-8,13H2. The summed E-state index contributed by atoms with van der Waals surface area (Å²) in [6, 6.07) is 5.22. The van der Waals surface area contributed by atoms with Gasteiger partial charge < -0.3 is 15.9 Å². The molecule has 2 rings (SSSR count). The van der Waals surface area contributed by atoms with E-state index in [2.05, 4.69) is 4.90 Å². The average Bonchev–Trinajstić information content (AvgIpc) is 2.24. The molecule has 1 aliphatic heterocycles. The van der Waals surface area contributed by atoms with Crippen LogP contribution >= 0.6 is 0 Å². The first-order valence-corrected chi connectivity index (χ1v) is 5.64. The van der Waals surface area contributed by atoms with E-state index in [0.29, 0.717) is 0 Å². The molecule has 0 aromatic heterocycles. The van der Waals surface area contributed by atoms with E-state index in [1.807, 2.05) is 6.07 Å². The van der Waals surface area contributed by atoms with E-state index in [1.165, 1.54) is 6.07 Å². The summed E-state index contributed by atoms with van der Waals surface area (Å²) in [5, 5.41) is 18.6. The first-order chi connectivity index (χ1) is 7.65. The molecule has 0 aliphatic carbocycles. The van der Waals surface area contributed by atoms with Gasteiger partial charge in [0.15, 0.2) is 11.5 Å². The van der Waals surface area contributed by atoms with Gasteiger partial charge in [-0.25, -0.2) is 0 Å². The number of piperidine rings is 1. The summed E-state index contributed by atoms with van der Waals surface area (Å²) >= 11 is 0. The van der Waals surface area contributed by atoms with Crippen LogP contribution in [-0.4, -0.2) is 34.2 Å². The Kier molecular flexibility index (Phi) is 3.31. The Hall–Kier alpha value is -1.26. The molecular weight excluding hydrogens is 204 g/mol. The van der Waals surface area contributed by atoms with E-state index in [-0.39, 0.29) is 17.5 Å². The van der Waals surface area contributed by atoms with Crippen molar-refractivity contribution in [1.29, 1.82) is 0 Å². The lowest BCUT2D eigenvalue weighted by Gasteiger charge is -2.30. The molecule has 1 aliphatic rings. The van der Waals surface area contributed by atoms with Crippen LogP contribution in [0.3, 0.4) is 0 Å². The second-order valence-corrected chi connectivity index (χ2v) is 4.46. The van der Waals surface area contributed by atoms with Crippen LogP contribution in [-0.2, 0) is 6.54 Å². The van der Waals surface area contributed by atoms with Crippen molar-refractivity contribution < 1.29 is 10.2 Å². The topological polar surface area (TPSA) is 69.7 Å². The fourth-order valence-corrected chi connectivity index (χ4v) is 2.16. The fourth-order valence-electron chi connectivity index (χ4n) is 2.16. The minimum atomic E-state index is -0.0703. The molecule has 1 aromatic rings. The zero-order chi connectivity index (χ0) is 11.5. The highest BCUT2D eigenvalue weighted by molar-refractivity contribution is 5.40. The van der Waals surface area contributed by atoms with Crippen LogP contribution in [0, 0.1) is 0 Å². The highest BCUT2D eigenvalue weighted by Crippen LogP contribution is 2.25. The molecule has 0 bridgehead atoms. The van der Waals surface area contributed by atoms with Crippen LogP contribution in [0.5, 0.6) is 11.5 Å². The van der Waals surface area contributed by atoms with Gasteiger partial charge in [0.1, 0.15) is 0 Å². The third-order valence-electron chi connectivity index (χ3n) is 2.99. The minimum absolute atomic E-state index is 0.0567. The number of rotatable bonds is 2. The maximum atomic E-state index is 9.39. The van der Waals surface area contributed by atoms with E-state index in [0.717, 1.165) is 38.0 Å². The average molecular weight is 222 g/mol. The molecule has 1 unspecified atom stereocenters. The number of likely N-dealkylation sites (tertiary alicyclic amines) is 1. The molecule has 1 atom stereocenters. The van der Waals surface area contributed by atoms with Crippen molar-refractivity contribution in [3.63, 3.8) is 0 Å². The number of phenolic OH excluding ortho intramolecular Hbond substituents is 2. The molecule has 1 saturated heterocycles. The van der Waals surface area contributed by atoms with Gasteiger partial charge in [0.2, 0.25) is 0 Å². The lowest BCUT2D eigenvalue weighted by molar-refractivity contribution is 0.201. The van der Waals surface area contributed by atoms with E-state index in [1.54, 1.807) is 6.07 Å². The summed E-state index contributed by atoms with van der Waals surface area (Å²) in [5.41, 5.74) is 6.91. The molecule has 0 amide bonds. The van der Waals surface area contributed by atoms with Gasteiger partial charge in [-0.05, 0) is 37.1 Å². The van der Waals surface area contributed by atoms with Crippen molar-refractivity contribution in [1.82, 2.24) is 4.90 Å². The number of hydrogen-bond donors (Lipinski definition) is 3. The van der Waals surface area contributed by atoms with Gasteiger partial charge in [-0.15, -0.1) is 0 Å². The quantitative estimate of drug-likeness (QED) is 0.653. The maximum absolute atomic E-state index is 9.39. The second-order valence-electron chi connectivity index (χ2n) is 4.46. The molecule has 1 aromatic carbocycles. The summed E-state index contributed by atoms with van der Waals surface area (Å²) in [4.78, 5) is 2.28. The Morgan fingerprint density at radius 2 is 2.12 bits per heavy atom. The second kappa shape index (κ2) is 4.72. The smallest absolute Gasteiger partial charge is 0.157 e. The number of phenols is 2. The van der Waals surface area contributed by atoms with Crippen LogP contribution in [0.1, 0.15) is 18.4 Å². The summed E-state index contributed by atoms with van der Waals surface area (Å²) in [7, 11) is 0. The van der Waals surface area contributed by atoms with E-state index in [9.17, 15) is 10.2 Å². The van der Waals surface area contributed by atoms with Crippen LogP contribution in [0.15, 0.2) is 18.2 Å². The van der Waals surface area contributed by atoms with Crippen molar-refractivity contribution in [3.8, 4) is 11.5 Å². The molecule has 0 radical (unpaired) electrons. The summed E-state index contributed by atoms with van der Waals surface area (Å²) in [6.45, 7) is 2.73. The van der Waals surface area contributed by atoms with E-state index < -0.39 is 0 Å². The Morgan fingerprint density at radius 3 is 2.81 bits per heavy atom.